The number of hydrogen-bond acceptors (Lipinski definition) is 4. The molecule has 1 fully saturated rings. The van der Waals surface area contributed by atoms with Crippen molar-refractivity contribution < 1.29 is 9.21 Å². The van der Waals surface area contributed by atoms with Crippen molar-refractivity contribution in [1.29, 1.82) is 0 Å². The normalized spacial score (nSPS) is 14.5. The summed E-state index contributed by atoms with van der Waals surface area (Å²) in [6, 6.07) is 13.0. The molecule has 1 amide bonds. The van der Waals surface area contributed by atoms with Crippen molar-refractivity contribution >= 4 is 34.2 Å². The predicted molar refractivity (Wildman–Crippen MR) is 112 cm³/mol. The van der Waals surface area contributed by atoms with E-state index in [9.17, 15) is 9.59 Å². The quantitative estimate of drug-likeness (QED) is 0.614. The molecule has 6 heteroatoms. The van der Waals surface area contributed by atoms with E-state index in [4.69, 9.17) is 16.0 Å². The molecular weight excluding hydrogens is 376 g/mol. The van der Waals surface area contributed by atoms with Gasteiger partial charge in [-0.05, 0) is 43.2 Å². The number of hydrogen-bond donors (Lipinski definition) is 0. The second-order valence-corrected chi connectivity index (χ2v) is 7.51. The van der Waals surface area contributed by atoms with E-state index in [2.05, 4.69) is 36.9 Å². The number of para-hydroxylation sites is 1. The second-order valence-electron chi connectivity index (χ2n) is 7.10. The number of fused-ring (bicyclic) bond motifs is 1. The van der Waals surface area contributed by atoms with Crippen LogP contribution in [0.5, 0.6) is 0 Å². The topological polar surface area (TPSA) is 53.8 Å². The summed E-state index contributed by atoms with van der Waals surface area (Å²) in [5.74, 6) is -0.295. The monoisotopic (exact) mass is 396 g/mol. The van der Waals surface area contributed by atoms with Gasteiger partial charge in [0.05, 0.1) is 5.02 Å². The second kappa shape index (κ2) is 7.32. The summed E-state index contributed by atoms with van der Waals surface area (Å²) < 4.78 is 5.31. The van der Waals surface area contributed by atoms with Gasteiger partial charge in [0, 0.05) is 37.3 Å². The molecule has 28 heavy (non-hydrogen) atoms. The van der Waals surface area contributed by atoms with Gasteiger partial charge < -0.3 is 14.2 Å². The SMILES string of the molecule is Cc1cccc(N2CCN(C(=O)c3cc4cccc(Cl)c4oc3=O)CC2)c1C. The number of aryl methyl sites for hydroxylation is 1. The Morgan fingerprint density at radius 1 is 1.04 bits per heavy atom. The molecule has 0 spiro atoms. The maximum absolute atomic E-state index is 12.9. The molecule has 0 N–H and O–H groups in total. The van der Waals surface area contributed by atoms with Crippen molar-refractivity contribution in [3.05, 3.63) is 74.6 Å². The van der Waals surface area contributed by atoms with E-state index in [-0.39, 0.29) is 11.5 Å². The first-order chi connectivity index (χ1) is 13.5. The number of carbonyl (C=O) groups is 1. The molecule has 1 aromatic heterocycles. The van der Waals surface area contributed by atoms with Crippen molar-refractivity contribution in [2.24, 2.45) is 0 Å². The van der Waals surface area contributed by atoms with Crippen molar-refractivity contribution in [3.8, 4) is 0 Å². The smallest absolute Gasteiger partial charge is 0.349 e. The van der Waals surface area contributed by atoms with Gasteiger partial charge in [0.1, 0.15) is 5.56 Å². The molecule has 1 aliphatic heterocycles. The van der Waals surface area contributed by atoms with Crippen molar-refractivity contribution in [2.75, 3.05) is 31.1 Å². The van der Waals surface area contributed by atoms with Crippen LogP contribution in [0.25, 0.3) is 11.0 Å². The Hall–Kier alpha value is -2.79. The molecule has 2 heterocycles. The molecule has 0 saturated carbocycles. The Bertz CT molecular complexity index is 1110. The lowest BCUT2D eigenvalue weighted by atomic mass is 10.1. The molecule has 2 aromatic carbocycles. The fraction of sp³-hybridized carbons (Fsp3) is 0.273. The first-order valence-electron chi connectivity index (χ1n) is 9.28. The van der Waals surface area contributed by atoms with Crippen LogP contribution in [0.1, 0.15) is 21.5 Å². The zero-order chi connectivity index (χ0) is 19.8. The number of nitrogens with zero attached hydrogens (tertiary/aromatic N) is 2. The predicted octanol–water partition coefficient (Wildman–Crippen LogP) is 4.03. The van der Waals surface area contributed by atoms with E-state index >= 15 is 0 Å². The van der Waals surface area contributed by atoms with Crippen molar-refractivity contribution in [3.63, 3.8) is 0 Å². The third kappa shape index (κ3) is 3.27. The molecule has 0 aliphatic carbocycles. The summed E-state index contributed by atoms with van der Waals surface area (Å²) in [6.07, 6.45) is 0. The molecular formula is C22H21ClN2O3. The fourth-order valence-corrected chi connectivity index (χ4v) is 3.88. The van der Waals surface area contributed by atoms with Gasteiger partial charge in [-0.3, -0.25) is 4.79 Å². The third-order valence-corrected chi connectivity index (χ3v) is 5.72. The Kier molecular flexibility index (Phi) is 4.85. The molecule has 0 radical (unpaired) electrons. The minimum Gasteiger partial charge on any atom is -0.421 e. The van der Waals surface area contributed by atoms with Gasteiger partial charge in [-0.1, -0.05) is 35.9 Å². The van der Waals surface area contributed by atoms with Gasteiger partial charge in [0.15, 0.2) is 5.58 Å². The summed E-state index contributed by atoms with van der Waals surface area (Å²) in [5.41, 5.74) is 3.42. The molecule has 5 nitrogen and oxygen atoms in total. The maximum Gasteiger partial charge on any atom is 0.349 e. The lowest BCUT2D eigenvalue weighted by Gasteiger charge is -2.37. The molecule has 1 aliphatic rings. The van der Waals surface area contributed by atoms with Crippen molar-refractivity contribution in [2.45, 2.75) is 13.8 Å². The highest BCUT2D eigenvalue weighted by atomic mass is 35.5. The third-order valence-electron chi connectivity index (χ3n) is 5.43. The van der Waals surface area contributed by atoms with E-state index in [1.807, 2.05) is 0 Å². The van der Waals surface area contributed by atoms with Crippen LogP contribution in [-0.4, -0.2) is 37.0 Å². The summed E-state index contributed by atoms with van der Waals surface area (Å²) in [7, 11) is 0. The van der Waals surface area contributed by atoms with Crippen LogP contribution in [-0.2, 0) is 0 Å². The number of benzene rings is 2. The molecule has 0 unspecified atom stereocenters. The van der Waals surface area contributed by atoms with Crippen molar-refractivity contribution in [1.82, 2.24) is 4.90 Å². The Morgan fingerprint density at radius 3 is 2.50 bits per heavy atom. The van der Waals surface area contributed by atoms with Crippen LogP contribution in [0.3, 0.4) is 0 Å². The van der Waals surface area contributed by atoms with E-state index in [0.29, 0.717) is 29.1 Å². The Labute approximate surface area is 168 Å². The molecule has 0 bridgehead atoms. The van der Waals surface area contributed by atoms with Crippen LogP contribution in [0.2, 0.25) is 5.02 Å². The molecule has 3 aromatic rings. The summed E-state index contributed by atoms with van der Waals surface area (Å²) >= 11 is 6.07. The average molecular weight is 397 g/mol. The molecule has 144 valence electrons. The van der Waals surface area contributed by atoms with Crippen LogP contribution < -0.4 is 10.5 Å². The van der Waals surface area contributed by atoms with Crippen LogP contribution in [0.4, 0.5) is 5.69 Å². The largest absolute Gasteiger partial charge is 0.421 e. The van der Waals surface area contributed by atoms with Crippen LogP contribution in [0, 0.1) is 13.8 Å². The van der Waals surface area contributed by atoms with Gasteiger partial charge in [-0.15, -0.1) is 0 Å². The minimum absolute atomic E-state index is 0.0509. The number of amides is 1. The van der Waals surface area contributed by atoms with Gasteiger partial charge in [-0.25, -0.2) is 4.79 Å². The van der Waals surface area contributed by atoms with Gasteiger partial charge in [-0.2, -0.15) is 0 Å². The summed E-state index contributed by atoms with van der Waals surface area (Å²) in [4.78, 5) is 29.3. The van der Waals surface area contributed by atoms with E-state index in [0.717, 1.165) is 13.1 Å². The highest BCUT2D eigenvalue weighted by molar-refractivity contribution is 6.34. The van der Waals surface area contributed by atoms with Gasteiger partial charge in [0.2, 0.25) is 0 Å². The standard InChI is InChI=1S/C22H21ClN2O3/c1-14-5-3-8-19(15(14)2)24-9-11-25(12-10-24)21(26)17-13-16-6-4-7-18(23)20(16)28-22(17)27/h3-8,13H,9-12H2,1-2H3. The van der Waals surface area contributed by atoms with E-state index < -0.39 is 5.63 Å². The van der Waals surface area contributed by atoms with Crippen LogP contribution >= 0.6 is 11.6 Å². The van der Waals surface area contributed by atoms with E-state index in [1.54, 1.807) is 29.2 Å². The number of anilines is 1. The highest BCUT2D eigenvalue weighted by Gasteiger charge is 2.26. The number of rotatable bonds is 2. The minimum atomic E-state index is -0.650. The zero-order valence-electron chi connectivity index (χ0n) is 15.9. The Morgan fingerprint density at radius 2 is 1.75 bits per heavy atom. The summed E-state index contributed by atoms with van der Waals surface area (Å²) in [6.45, 7) is 6.78. The molecule has 1 saturated heterocycles. The maximum atomic E-state index is 12.9. The first kappa shape index (κ1) is 18.6. The lowest BCUT2D eigenvalue weighted by molar-refractivity contribution is 0.0742. The van der Waals surface area contributed by atoms with Gasteiger partial charge in [0.25, 0.3) is 5.91 Å². The Balaban J connectivity index is 1.54. The number of carbonyl (C=O) groups excluding carboxylic acids is 1. The van der Waals surface area contributed by atoms with Gasteiger partial charge >= 0.3 is 5.63 Å². The lowest BCUT2D eigenvalue weighted by Crippen LogP contribution is -2.49. The molecule has 0 atom stereocenters. The highest BCUT2D eigenvalue weighted by Crippen LogP contribution is 2.25. The zero-order valence-corrected chi connectivity index (χ0v) is 16.6. The number of halogens is 1. The van der Waals surface area contributed by atoms with E-state index in [1.165, 1.54) is 16.8 Å². The van der Waals surface area contributed by atoms with Crippen LogP contribution in [0.15, 0.2) is 51.7 Å². The average Bonchev–Trinajstić information content (AvgIpc) is 2.70. The molecule has 4 rings (SSSR count). The number of piperazine rings is 1. The summed E-state index contributed by atoms with van der Waals surface area (Å²) in [5, 5.41) is 1.00. The first-order valence-corrected chi connectivity index (χ1v) is 9.66. The fourth-order valence-electron chi connectivity index (χ4n) is 3.66.